The van der Waals surface area contributed by atoms with E-state index in [0.717, 1.165) is 0 Å². The van der Waals surface area contributed by atoms with Gasteiger partial charge in [0.1, 0.15) is 17.0 Å². The van der Waals surface area contributed by atoms with Crippen molar-refractivity contribution in [3.05, 3.63) is 16.8 Å². The molecule has 4 heteroatoms. The lowest BCUT2D eigenvalue weighted by Gasteiger charge is -2.34. The first-order chi connectivity index (χ1) is 9.85. The summed E-state index contributed by atoms with van der Waals surface area (Å²) in [6.45, 7) is 2.40. The Morgan fingerprint density at radius 1 is 1.10 bits per heavy atom. The maximum absolute atomic E-state index is 4.70. The lowest BCUT2D eigenvalue weighted by molar-refractivity contribution is 0.394. The first kappa shape index (κ1) is 11.5. The summed E-state index contributed by atoms with van der Waals surface area (Å²) in [4.78, 5) is 14.6. The van der Waals surface area contributed by atoms with Crippen LogP contribution in [0.5, 0.6) is 0 Å². The number of rotatable bonds is 1. The number of anilines is 1. The van der Waals surface area contributed by atoms with Gasteiger partial charge in [-0.05, 0) is 55.9 Å². The van der Waals surface area contributed by atoms with E-state index < -0.39 is 0 Å². The van der Waals surface area contributed by atoms with E-state index >= 15 is 0 Å². The number of hydrogen-bond donors (Lipinski definition) is 0. The topological polar surface area (TPSA) is 29.0 Å². The molecular formula is C16H19N3S. The first-order valence-electron chi connectivity index (χ1n) is 7.85. The smallest absolute Gasteiger partial charge is 0.141 e. The third-order valence-electron chi connectivity index (χ3n) is 5.40. The summed E-state index contributed by atoms with van der Waals surface area (Å²) < 4.78 is 0. The van der Waals surface area contributed by atoms with E-state index in [1.54, 1.807) is 16.8 Å². The largest absolute Gasteiger partial charge is 0.355 e. The molecule has 0 amide bonds. The molecule has 2 fully saturated rings. The number of fused-ring (bicyclic) bond motifs is 3. The summed E-state index contributed by atoms with van der Waals surface area (Å²) in [5.74, 6) is 1.24. The van der Waals surface area contributed by atoms with Crippen molar-refractivity contribution >= 4 is 27.4 Å². The first-order valence-corrected chi connectivity index (χ1v) is 8.67. The van der Waals surface area contributed by atoms with Crippen molar-refractivity contribution in [3.63, 3.8) is 0 Å². The fourth-order valence-electron chi connectivity index (χ4n) is 4.13. The van der Waals surface area contributed by atoms with Crippen molar-refractivity contribution in [2.75, 3.05) is 18.0 Å². The predicted molar refractivity (Wildman–Crippen MR) is 82.6 cm³/mol. The molecule has 0 aromatic carbocycles. The number of nitrogens with zero attached hydrogens (tertiary/aromatic N) is 3. The zero-order valence-corrected chi connectivity index (χ0v) is 12.5. The van der Waals surface area contributed by atoms with Crippen molar-refractivity contribution in [1.29, 1.82) is 0 Å². The Morgan fingerprint density at radius 2 is 2.05 bits per heavy atom. The number of aromatic nitrogens is 2. The van der Waals surface area contributed by atoms with Crippen molar-refractivity contribution < 1.29 is 0 Å². The lowest BCUT2D eigenvalue weighted by atomic mass is 9.95. The number of aryl methyl sites for hydroxylation is 2. The monoisotopic (exact) mass is 285 g/mol. The molecule has 3 aliphatic rings. The Balaban J connectivity index is 1.64. The van der Waals surface area contributed by atoms with Gasteiger partial charge in [0.25, 0.3) is 0 Å². The van der Waals surface area contributed by atoms with Crippen LogP contribution in [-0.2, 0) is 12.8 Å². The SMILES string of the molecule is c1nc(N2CCCC3(CC3)C2)c2c3c(sc2n1)CCC3. The normalized spacial score (nSPS) is 23.5. The van der Waals surface area contributed by atoms with Crippen LogP contribution in [0, 0.1) is 5.41 Å². The minimum Gasteiger partial charge on any atom is -0.355 e. The second kappa shape index (κ2) is 3.94. The van der Waals surface area contributed by atoms with Gasteiger partial charge in [0, 0.05) is 18.0 Å². The van der Waals surface area contributed by atoms with Gasteiger partial charge in [0.05, 0.1) is 5.39 Å². The van der Waals surface area contributed by atoms with Crippen molar-refractivity contribution in [2.24, 2.45) is 5.41 Å². The Kier molecular flexibility index (Phi) is 2.26. The van der Waals surface area contributed by atoms with E-state index in [0.29, 0.717) is 5.41 Å². The summed E-state index contributed by atoms with van der Waals surface area (Å²) in [5, 5.41) is 1.39. The molecule has 0 unspecified atom stereocenters. The van der Waals surface area contributed by atoms with Gasteiger partial charge < -0.3 is 4.90 Å². The molecule has 0 N–H and O–H groups in total. The molecule has 2 aromatic heterocycles. The molecular weight excluding hydrogens is 266 g/mol. The molecule has 104 valence electrons. The van der Waals surface area contributed by atoms with E-state index in [4.69, 9.17) is 4.98 Å². The molecule has 1 saturated heterocycles. The second-order valence-electron chi connectivity index (χ2n) is 6.76. The molecule has 1 aliphatic heterocycles. The van der Waals surface area contributed by atoms with Gasteiger partial charge in [-0.3, -0.25) is 0 Å². The zero-order valence-electron chi connectivity index (χ0n) is 11.7. The summed E-state index contributed by atoms with van der Waals surface area (Å²) >= 11 is 1.90. The Bertz CT molecular complexity index is 686. The van der Waals surface area contributed by atoms with Crippen molar-refractivity contribution in [3.8, 4) is 0 Å². The summed E-state index contributed by atoms with van der Waals surface area (Å²) in [6.07, 6.45) is 11.2. The van der Waals surface area contributed by atoms with Crippen LogP contribution in [0.25, 0.3) is 10.2 Å². The Labute approximate surface area is 123 Å². The van der Waals surface area contributed by atoms with E-state index in [1.807, 2.05) is 11.3 Å². The van der Waals surface area contributed by atoms with E-state index in [2.05, 4.69) is 9.88 Å². The highest BCUT2D eigenvalue weighted by Gasteiger charge is 2.46. The van der Waals surface area contributed by atoms with Gasteiger partial charge in [0.15, 0.2) is 0 Å². The molecule has 3 nitrogen and oxygen atoms in total. The Hall–Kier alpha value is -1.16. The third kappa shape index (κ3) is 1.57. The molecule has 3 heterocycles. The highest BCUT2D eigenvalue weighted by Crippen LogP contribution is 2.53. The van der Waals surface area contributed by atoms with Gasteiger partial charge in [-0.25, -0.2) is 9.97 Å². The van der Waals surface area contributed by atoms with Crippen LogP contribution in [-0.4, -0.2) is 23.1 Å². The van der Waals surface area contributed by atoms with Crippen molar-refractivity contribution in [2.45, 2.75) is 44.9 Å². The van der Waals surface area contributed by atoms with Crippen LogP contribution < -0.4 is 4.90 Å². The zero-order chi connectivity index (χ0) is 13.2. The second-order valence-corrected chi connectivity index (χ2v) is 7.84. The highest BCUT2D eigenvalue weighted by molar-refractivity contribution is 7.19. The van der Waals surface area contributed by atoms with Crippen LogP contribution >= 0.6 is 11.3 Å². The maximum atomic E-state index is 4.70. The quantitative estimate of drug-likeness (QED) is 0.802. The van der Waals surface area contributed by atoms with Crippen LogP contribution in [0.1, 0.15) is 42.5 Å². The number of hydrogen-bond acceptors (Lipinski definition) is 4. The molecule has 2 aromatic rings. The molecule has 0 atom stereocenters. The average Bonchev–Trinajstić information content (AvgIpc) is 2.92. The van der Waals surface area contributed by atoms with Crippen LogP contribution in [0.4, 0.5) is 5.82 Å². The molecule has 0 bridgehead atoms. The highest BCUT2D eigenvalue weighted by atomic mass is 32.1. The molecule has 5 rings (SSSR count). The minimum atomic E-state index is 0.648. The minimum absolute atomic E-state index is 0.648. The van der Waals surface area contributed by atoms with Crippen LogP contribution in [0.15, 0.2) is 6.33 Å². The molecule has 20 heavy (non-hydrogen) atoms. The van der Waals surface area contributed by atoms with E-state index in [9.17, 15) is 0 Å². The summed E-state index contributed by atoms with van der Waals surface area (Å²) in [6, 6.07) is 0. The molecule has 1 spiro atoms. The van der Waals surface area contributed by atoms with E-state index in [1.165, 1.54) is 74.1 Å². The average molecular weight is 285 g/mol. The Morgan fingerprint density at radius 3 is 2.95 bits per heavy atom. The predicted octanol–water partition coefficient (Wildman–Crippen LogP) is 3.56. The summed E-state index contributed by atoms with van der Waals surface area (Å²) in [5.41, 5.74) is 2.21. The fraction of sp³-hybridized carbons (Fsp3) is 0.625. The molecule has 0 radical (unpaired) electrons. The standard InChI is InChI=1S/C16H19N3S/c1-3-11-12(4-1)20-15-13(11)14(17-10-18-15)19-8-2-5-16(9-19)6-7-16/h10H,1-9H2. The van der Waals surface area contributed by atoms with Crippen molar-refractivity contribution in [1.82, 2.24) is 9.97 Å². The molecule has 2 aliphatic carbocycles. The van der Waals surface area contributed by atoms with Crippen LogP contribution in [0.2, 0.25) is 0 Å². The lowest BCUT2D eigenvalue weighted by Crippen LogP contribution is -2.37. The number of piperidine rings is 1. The van der Waals surface area contributed by atoms with Gasteiger partial charge in [-0.15, -0.1) is 11.3 Å². The van der Waals surface area contributed by atoms with Gasteiger partial charge in [-0.1, -0.05) is 0 Å². The van der Waals surface area contributed by atoms with Gasteiger partial charge in [0.2, 0.25) is 0 Å². The molecule has 1 saturated carbocycles. The van der Waals surface area contributed by atoms with E-state index in [-0.39, 0.29) is 0 Å². The number of thiophene rings is 1. The van der Waals surface area contributed by atoms with Crippen LogP contribution in [0.3, 0.4) is 0 Å². The fourth-order valence-corrected chi connectivity index (χ4v) is 5.35. The van der Waals surface area contributed by atoms with Gasteiger partial charge in [-0.2, -0.15) is 0 Å². The third-order valence-corrected chi connectivity index (χ3v) is 6.60. The van der Waals surface area contributed by atoms with Gasteiger partial charge >= 0.3 is 0 Å². The summed E-state index contributed by atoms with van der Waals surface area (Å²) in [7, 11) is 0. The maximum Gasteiger partial charge on any atom is 0.141 e.